The van der Waals surface area contributed by atoms with Gasteiger partial charge in [-0.3, -0.25) is 14.9 Å². The van der Waals surface area contributed by atoms with Gasteiger partial charge in [0.1, 0.15) is 11.4 Å². The van der Waals surface area contributed by atoms with E-state index in [2.05, 4.69) is 0 Å². The third-order valence-electron chi connectivity index (χ3n) is 4.72. The summed E-state index contributed by atoms with van der Waals surface area (Å²) >= 11 is 11.8. The molecule has 0 N–H and O–H groups in total. The van der Waals surface area contributed by atoms with Crippen LogP contribution in [0.4, 0.5) is 24.5 Å². The maximum Gasteiger partial charge on any atom is 0.416 e. The van der Waals surface area contributed by atoms with E-state index in [1.807, 2.05) is 0 Å². The Kier molecular flexibility index (Phi) is 6.80. The van der Waals surface area contributed by atoms with Crippen molar-refractivity contribution in [3.05, 3.63) is 62.1 Å². The Hall–Kier alpha value is -2.72. The molecule has 1 fully saturated rings. The Morgan fingerprint density at radius 1 is 1.10 bits per heavy atom. The number of anilines is 1. The third-order valence-corrected chi connectivity index (χ3v) is 5.25. The third kappa shape index (κ3) is 5.50. The lowest BCUT2D eigenvalue weighted by molar-refractivity contribution is -0.384. The monoisotopic (exact) mass is 477 g/mol. The minimum Gasteiger partial charge on any atom is -0.482 e. The van der Waals surface area contributed by atoms with Gasteiger partial charge in [-0.05, 0) is 30.3 Å². The van der Waals surface area contributed by atoms with Crippen LogP contribution in [0.1, 0.15) is 5.56 Å². The molecule has 2 aromatic rings. The van der Waals surface area contributed by atoms with Gasteiger partial charge < -0.3 is 14.5 Å². The predicted octanol–water partition coefficient (Wildman–Crippen LogP) is 4.65. The number of hydrogen-bond acceptors (Lipinski definition) is 5. The molecule has 1 heterocycles. The molecule has 0 saturated carbocycles. The molecule has 0 bridgehead atoms. The fraction of sp³-hybridized carbons (Fsp3) is 0.316. The lowest BCUT2D eigenvalue weighted by Crippen LogP contribution is -2.50. The van der Waals surface area contributed by atoms with E-state index in [9.17, 15) is 28.1 Å². The van der Waals surface area contributed by atoms with E-state index in [-0.39, 0.29) is 49.4 Å². The standard InChI is InChI=1S/C19H16Cl2F3N3O4/c20-13-2-4-17(14(21)10-13)31-11-18(28)26-7-5-25(6-8-26)15-3-1-12(19(22,23)24)9-16(15)27(29)30/h1-4,9-10H,5-8,11H2. The fourth-order valence-corrected chi connectivity index (χ4v) is 3.60. The van der Waals surface area contributed by atoms with Gasteiger partial charge in [0.2, 0.25) is 0 Å². The number of nitrogens with zero attached hydrogens (tertiary/aromatic N) is 3. The summed E-state index contributed by atoms with van der Waals surface area (Å²) < 4.78 is 44.1. The van der Waals surface area contributed by atoms with Gasteiger partial charge in [-0.15, -0.1) is 0 Å². The van der Waals surface area contributed by atoms with Crippen molar-refractivity contribution in [2.75, 3.05) is 37.7 Å². The maximum absolute atomic E-state index is 12.9. The summed E-state index contributed by atoms with van der Waals surface area (Å²) in [6.07, 6.45) is -4.68. The first kappa shape index (κ1) is 23.0. The van der Waals surface area contributed by atoms with Gasteiger partial charge in [0.05, 0.1) is 15.5 Å². The van der Waals surface area contributed by atoms with E-state index in [1.165, 1.54) is 11.0 Å². The molecule has 0 atom stereocenters. The molecular weight excluding hydrogens is 462 g/mol. The molecule has 166 valence electrons. The van der Waals surface area contributed by atoms with Crippen molar-refractivity contribution >= 4 is 40.5 Å². The molecule has 0 aromatic heterocycles. The first-order valence-electron chi connectivity index (χ1n) is 9.02. The first-order valence-corrected chi connectivity index (χ1v) is 9.78. The van der Waals surface area contributed by atoms with Gasteiger partial charge in [-0.1, -0.05) is 23.2 Å². The second-order valence-corrected chi connectivity index (χ2v) is 7.53. The average Bonchev–Trinajstić information content (AvgIpc) is 2.72. The van der Waals surface area contributed by atoms with E-state index in [1.54, 1.807) is 17.0 Å². The van der Waals surface area contributed by atoms with Crippen LogP contribution in [0.5, 0.6) is 5.75 Å². The Balaban J connectivity index is 1.62. The van der Waals surface area contributed by atoms with Gasteiger partial charge in [-0.2, -0.15) is 13.2 Å². The first-order chi connectivity index (χ1) is 14.6. The van der Waals surface area contributed by atoms with Crippen molar-refractivity contribution in [3.8, 4) is 5.75 Å². The number of carbonyl (C=O) groups is 1. The number of halogens is 5. The molecule has 1 aliphatic heterocycles. The largest absolute Gasteiger partial charge is 0.482 e. The van der Waals surface area contributed by atoms with Crippen LogP contribution in [-0.4, -0.2) is 48.5 Å². The van der Waals surface area contributed by atoms with Crippen LogP contribution in [0, 0.1) is 10.1 Å². The topological polar surface area (TPSA) is 75.9 Å². The Labute approximate surface area is 185 Å². The smallest absolute Gasteiger partial charge is 0.416 e. The predicted molar refractivity (Wildman–Crippen MR) is 109 cm³/mol. The van der Waals surface area contributed by atoms with Gasteiger partial charge in [0.25, 0.3) is 11.6 Å². The number of piperazine rings is 1. The van der Waals surface area contributed by atoms with E-state index in [4.69, 9.17) is 27.9 Å². The van der Waals surface area contributed by atoms with Crippen LogP contribution in [0.15, 0.2) is 36.4 Å². The number of benzene rings is 2. The molecule has 12 heteroatoms. The van der Waals surface area contributed by atoms with E-state index < -0.39 is 22.4 Å². The quantitative estimate of drug-likeness (QED) is 0.462. The Bertz CT molecular complexity index is 996. The van der Waals surface area contributed by atoms with Crippen LogP contribution in [0.2, 0.25) is 10.0 Å². The molecule has 0 spiro atoms. The van der Waals surface area contributed by atoms with Gasteiger partial charge in [0, 0.05) is 37.3 Å². The normalized spacial score (nSPS) is 14.5. The highest BCUT2D eigenvalue weighted by Gasteiger charge is 2.34. The second-order valence-electron chi connectivity index (χ2n) is 6.69. The summed E-state index contributed by atoms with van der Waals surface area (Å²) in [6, 6.07) is 7.02. The van der Waals surface area contributed by atoms with Crippen LogP contribution in [-0.2, 0) is 11.0 Å². The number of amides is 1. The zero-order chi connectivity index (χ0) is 22.8. The molecule has 0 aliphatic carbocycles. The molecule has 0 radical (unpaired) electrons. The van der Waals surface area contributed by atoms with E-state index >= 15 is 0 Å². The summed E-state index contributed by atoms with van der Waals surface area (Å²) in [5, 5.41) is 12.0. The molecule has 3 rings (SSSR count). The average molecular weight is 478 g/mol. The molecule has 7 nitrogen and oxygen atoms in total. The van der Waals surface area contributed by atoms with Crippen LogP contribution in [0.25, 0.3) is 0 Å². The molecule has 1 aliphatic rings. The van der Waals surface area contributed by atoms with Gasteiger partial charge >= 0.3 is 6.18 Å². The number of hydrogen-bond donors (Lipinski definition) is 0. The molecular formula is C19H16Cl2F3N3O4. The highest BCUT2D eigenvalue weighted by molar-refractivity contribution is 6.35. The molecule has 2 aromatic carbocycles. The highest BCUT2D eigenvalue weighted by atomic mass is 35.5. The summed E-state index contributed by atoms with van der Waals surface area (Å²) in [5.41, 5.74) is -1.64. The number of nitro groups is 1. The number of alkyl halides is 3. The maximum atomic E-state index is 12.9. The Morgan fingerprint density at radius 2 is 1.77 bits per heavy atom. The molecule has 31 heavy (non-hydrogen) atoms. The lowest BCUT2D eigenvalue weighted by atomic mass is 10.1. The highest BCUT2D eigenvalue weighted by Crippen LogP contribution is 2.36. The van der Waals surface area contributed by atoms with Crippen molar-refractivity contribution in [2.45, 2.75) is 6.18 Å². The number of carbonyl (C=O) groups excluding carboxylic acids is 1. The van der Waals surface area contributed by atoms with Crippen LogP contribution < -0.4 is 9.64 Å². The van der Waals surface area contributed by atoms with Crippen molar-refractivity contribution in [1.29, 1.82) is 0 Å². The lowest BCUT2D eigenvalue weighted by Gasteiger charge is -2.35. The van der Waals surface area contributed by atoms with Crippen molar-refractivity contribution in [1.82, 2.24) is 4.90 Å². The van der Waals surface area contributed by atoms with Crippen LogP contribution >= 0.6 is 23.2 Å². The van der Waals surface area contributed by atoms with Gasteiger partial charge in [0.15, 0.2) is 6.61 Å². The van der Waals surface area contributed by atoms with E-state index in [0.29, 0.717) is 16.8 Å². The zero-order valence-corrected chi connectivity index (χ0v) is 17.4. The van der Waals surface area contributed by atoms with E-state index in [0.717, 1.165) is 12.1 Å². The summed E-state index contributed by atoms with van der Waals surface area (Å²) in [4.78, 5) is 26.0. The van der Waals surface area contributed by atoms with Crippen molar-refractivity contribution < 1.29 is 27.6 Å². The summed E-state index contributed by atoms with van der Waals surface area (Å²) in [5.74, 6) is -0.00832. The van der Waals surface area contributed by atoms with Crippen molar-refractivity contribution in [2.24, 2.45) is 0 Å². The summed E-state index contributed by atoms with van der Waals surface area (Å²) in [6.45, 7) is 0.643. The molecule has 1 saturated heterocycles. The molecule has 0 unspecified atom stereocenters. The minimum atomic E-state index is -4.68. The zero-order valence-electron chi connectivity index (χ0n) is 15.9. The SMILES string of the molecule is O=C(COc1ccc(Cl)cc1Cl)N1CCN(c2ccc(C(F)(F)F)cc2[N+](=O)[O-])CC1. The number of rotatable bonds is 5. The fourth-order valence-electron chi connectivity index (χ4n) is 3.13. The number of ether oxygens (including phenoxy) is 1. The van der Waals surface area contributed by atoms with Crippen molar-refractivity contribution in [3.63, 3.8) is 0 Å². The summed E-state index contributed by atoms with van der Waals surface area (Å²) in [7, 11) is 0. The van der Waals surface area contributed by atoms with Crippen LogP contribution in [0.3, 0.4) is 0 Å². The molecule has 1 amide bonds. The van der Waals surface area contributed by atoms with Gasteiger partial charge in [-0.25, -0.2) is 0 Å². The Morgan fingerprint density at radius 3 is 2.35 bits per heavy atom. The minimum absolute atomic E-state index is 0.0781. The number of nitro benzene ring substituents is 1. The second kappa shape index (κ2) is 9.19.